The van der Waals surface area contributed by atoms with Crippen molar-refractivity contribution in [3.05, 3.63) is 78.5 Å². The van der Waals surface area contributed by atoms with Gasteiger partial charge in [-0.15, -0.1) is 13.2 Å². The maximum Gasteiger partial charge on any atom is 0.573 e. The lowest BCUT2D eigenvalue weighted by atomic mass is 9.94. The van der Waals surface area contributed by atoms with E-state index in [1.165, 1.54) is 12.3 Å². The summed E-state index contributed by atoms with van der Waals surface area (Å²) >= 11 is 0. The highest BCUT2D eigenvalue weighted by atomic mass is 32.2. The van der Waals surface area contributed by atoms with Crippen LogP contribution in [-0.4, -0.2) is 37.7 Å². The Bertz CT molecular complexity index is 1400. The molecule has 1 aliphatic rings. The number of urea groups is 1. The van der Waals surface area contributed by atoms with Gasteiger partial charge in [0.05, 0.1) is 11.4 Å². The lowest BCUT2D eigenvalue weighted by molar-refractivity contribution is -0.274. The summed E-state index contributed by atoms with van der Waals surface area (Å²) in [7, 11) is -4.02. The van der Waals surface area contributed by atoms with Crippen LogP contribution in [-0.2, 0) is 15.0 Å². The number of benzene rings is 2. The molecule has 2 unspecified atom stereocenters. The highest BCUT2D eigenvalue weighted by molar-refractivity contribution is 7.94. The number of hydrogen-bond donors (Lipinski definition) is 3. The van der Waals surface area contributed by atoms with Crippen LogP contribution in [0.5, 0.6) is 5.75 Å². The second kappa shape index (κ2) is 9.97. The molecular formula is C23H20F3N5O5S. The number of rotatable bonds is 8. The first-order valence-electron chi connectivity index (χ1n) is 10.7. The highest BCUT2D eigenvalue weighted by Gasteiger charge is 2.42. The van der Waals surface area contributed by atoms with Gasteiger partial charge in [-0.1, -0.05) is 25.1 Å². The van der Waals surface area contributed by atoms with E-state index in [2.05, 4.69) is 24.5 Å². The number of aromatic nitrogens is 1. The number of pyridine rings is 1. The first-order valence-corrected chi connectivity index (χ1v) is 12.2. The molecule has 0 saturated carbocycles. The molecule has 1 aromatic heterocycles. The first-order chi connectivity index (χ1) is 17.4. The Labute approximate surface area is 209 Å². The highest BCUT2D eigenvalue weighted by Crippen LogP contribution is 2.30. The molecule has 2 atom stereocenters. The molecule has 0 aliphatic carbocycles. The van der Waals surface area contributed by atoms with E-state index in [1.807, 2.05) is 0 Å². The van der Waals surface area contributed by atoms with Gasteiger partial charge in [-0.25, -0.2) is 14.7 Å². The third-order valence-electron chi connectivity index (χ3n) is 5.37. The van der Waals surface area contributed by atoms with E-state index >= 15 is 0 Å². The lowest BCUT2D eigenvalue weighted by Crippen LogP contribution is -2.35. The number of carbonyl (C=O) groups is 2. The van der Waals surface area contributed by atoms with Crippen molar-refractivity contribution < 1.29 is 35.9 Å². The van der Waals surface area contributed by atoms with Crippen molar-refractivity contribution in [1.82, 2.24) is 10.3 Å². The second-order valence-corrected chi connectivity index (χ2v) is 9.39. The van der Waals surface area contributed by atoms with Crippen LogP contribution < -0.4 is 24.4 Å². The normalized spacial score (nSPS) is 16.8. The summed E-state index contributed by atoms with van der Waals surface area (Å²) in [6, 6.07) is 13.7. The van der Waals surface area contributed by atoms with Crippen molar-refractivity contribution in [1.29, 1.82) is 0 Å². The number of amides is 3. The molecule has 1 aliphatic heterocycles. The Morgan fingerprint density at radius 3 is 2.35 bits per heavy atom. The van der Waals surface area contributed by atoms with E-state index in [0.29, 0.717) is 11.3 Å². The Kier molecular flexibility index (Phi) is 6.94. The number of carbonyl (C=O) groups excluding carboxylic acids is 2. The van der Waals surface area contributed by atoms with Crippen LogP contribution in [0.3, 0.4) is 0 Å². The van der Waals surface area contributed by atoms with Crippen LogP contribution in [0, 0.1) is 0 Å². The summed E-state index contributed by atoms with van der Waals surface area (Å²) in [6.07, 6.45) is -3.53. The first kappa shape index (κ1) is 25.8. The molecule has 37 heavy (non-hydrogen) atoms. The third-order valence-corrected chi connectivity index (χ3v) is 6.35. The Morgan fingerprint density at radius 1 is 1.03 bits per heavy atom. The quantitative estimate of drug-likeness (QED) is 0.374. The fourth-order valence-corrected chi connectivity index (χ4v) is 4.57. The molecule has 3 N–H and O–H groups in total. The molecule has 0 radical (unpaired) electrons. The molecule has 1 fully saturated rings. The van der Waals surface area contributed by atoms with Crippen LogP contribution >= 0.6 is 0 Å². The van der Waals surface area contributed by atoms with E-state index in [4.69, 9.17) is 0 Å². The van der Waals surface area contributed by atoms with E-state index in [-0.39, 0.29) is 11.5 Å². The largest absolute Gasteiger partial charge is 0.573 e. The summed E-state index contributed by atoms with van der Waals surface area (Å²) in [4.78, 5) is 30.4. The van der Waals surface area contributed by atoms with Crippen LogP contribution in [0.1, 0.15) is 18.4 Å². The minimum Gasteiger partial charge on any atom is -0.406 e. The molecule has 0 spiro atoms. The number of imide groups is 1. The summed E-state index contributed by atoms with van der Waals surface area (Å²) in [5.41, 5.74) is 0.903. The van der Waals surface area contributed by atoms with Crippen LogP contribution in [0.25, 0.3) is 0 Å². The van der Waals surface area contributed by atoms with Gasteiger partial charge in [-0.3, -0.25) is 14.2 Å². The van der Waals surface area contributed by atoms with Crippen molar-refractivity contribution in [3.8, 4) is 5.75 Å². The molecule has 0 bridgehead atoms. The SMILES string of the molecule is CC(c1ccnc(NS(=O)(=O)Nc2ccccc2)c1)C1NC(=O)N(c2ccc(OC(F)(F)F)cc2)C1=O. The molecule has 10 nitrogen and oxygen atoms in total. The van der Waals surface area contributed by atoms with Crippen molar-refractivity contribution in [2.75, 3.05) is 14.3 Å². The van der Waals surface area contributed by atoms with Gasteiger partial charge in [0.25, 0.3) is 5.91 Å². The topological polar surface area (TPSA) is 130 Å². The summed E-state index contributed by atoms with van der Waals surface area (Å²) in [5, 5.41) is 2.56. The molecule has 3 amide bonds. The Morgan fingerprint density at radius 2 is 1.70 bits per heavy atom. The fraction of sp³-hybridized carbons (Fsp3) is 0.174. The van der Waals surface area contributed by atoms with Crippen molar-refractivity contribution in [2.24, 2.45) is 0 Å². The van der Waals surface area contributed by atoms with Crippen LogP contribution in [0.15, 0.2) is 72.9 Å². The minimum atomic E-state index is -4.88. The number of para-hydroxylation sites is 1. The van der Waals surface area contributed by atoms with Gasteiger partial charge in [0, 0.05) is 12.1 Å². The van der Waals surface area contributed by atoms with Crippen molar-refractivity contribution >= 4 is 39.3 Å². The average Bonchev–Trinajstić information content (AvgIpc) is 3.12. The average molecular weight is 536 g/mol. The van der Waals surface area contributed by atoms with Crippen molar-refractivity contribution in [2.45, 2.75) is 25.2 Å². The maximum atomic E-state index is 13.1. The van der Waals surface area contributed by atoms with Gasteiger partial charge < -0.3 is 10.1 Å². The number of nitrogens with one attached hydrogen (secondary N) is 3. The van der Waals surface area contributed by atoms with E-state index in [1.54, 1.807) is 43.3 Å². The molecule has 14 heteroatoms. The van der Waals surface area contributed by atoms with Crippen molar-refractivity contribution in [3.63, 3.8) is 0 Å². The zero-order valence-electron chi connectivity index (χ0n) is 19.1. The Balaban J connectivity index is 1.47. The zero-order chi connectivity index (χ0) is 26.8. The number of nitrogens with zero attached hydrogens (tertiary/aromatic N) is 2. The predicted molar refractivity (Wildman–Crippen MR) is 128 cm³/mol. The molecule has 1 saturated heterocycles. The monoisotopic (exact) mass is 535 g/mol. The molecule has 3 aromatic rings. The summed E-state index contributed by atoms with van der Waals surface area (Å²) in [6.45, 7) is 1.66. The summed E-state index contributed by atoms with van der Waals surface area (Å²) in [5.74, 6) is -1.75. The lowest BCUT2D eigenvalue weighted by Gasteiger charge is -2.19. The van der Waals surface area contributed by atoms with Gasteiger partial charge in [-0.05, 0) is 54.1 Å². The van der Waals surface area contributed by atoms with Gasteiger partial charge in [0.2, 0.25) is 0 Å². The van der Waals surface area contributed by atoms with E-state index < -0.39 is 46.2 Å². The predicted octanol–water partition coefficient (Wildman–Crippen LogP) is 3.98. The molecule has 194 valence electrons. The molecule has 2 aromatic carbocycles. The van der Waals surface area contributed by atoms with E-state index in [0.717, 1.165) is 29.2 Å². The smallest absolute Gasteiger partial charge is 0.406 e. The van der Waals surface area contributed by atoms with Crippen LogP contribution in [0.2, 0.25) is 0 Å². The van der Waals surface area contributed by atoms with E-state index in [9.17, 15) is 31.2 Å². The number of ether oxygens (including phenoxy) is 1. The van der Waals surface area contributed by atoms with Gasteiger partial charge in [0.1, 0.15) is 17.6 Å². The molecule has 4 rings (SSSR count). The number of anilines is 3. The molecule has 2 heterocycles. The molecular weight excluding hydrogens is 515 g/mol. The number of alkyl halides is 3. The number of hydrogen-bond acceptors (Lipinski definition) is 6. The minimum absolute atomic E-state index is 0.0123. The maximum absolute atomic E-state index is 13.1. The van der Waals surface area contributed by atoms with Gasteiger partial charge in [-0.2, -0.15) is 8.42 Å². The van der Waals surface area contributed by atoms with Gasteiger partial charge in [0.15, 0.2) is 0 Å². The Hall–Kier alpha value is -4.33. The standard InChI is InChI=1S/C23H20F3N5O5S/c1-14(15-11-12-27-19(13-15)30-37(34,35)29-16-5-3-2-4-6-16)20-21(32)31(22(33)28-20)17-7-9-18(10-8-17)36-23(24,25)26/h2-14,20,29H,1H3,(H,27,30)(H,28,33). The van der Waals surface area contributed by atoms with Gasteiger partial charge >= 0.3 is 22.6 Å². The zero-order valence-corrected chi connectivity index (χ0v) is 19.9. The second-order valence-electron chi connectivity index (χ2n) is 7.98. The van der Waals surface area contributed by atoms with Crippen LogP contribution in [0.4, 0.5) is 35.2 Å². The summed E-state index contributed by atoms with van der Waals surface area (Å²) < 4.78 is 70.5. The third kappa shape index (κ3) is 6.27. The number of halogens is 3. The fourth-order valence-electron chi connectivity index (χ4n) is 3.68.